The van der Waals surface area contributed by atoms with E-state index in [1.54, 1.807) is 0 Å². The Hall–Kier alpha value is -1.84. The molecule has 0 saturated carbocycles. The summed E-state index contributed by atoms with van der Waals surface area (Å²) in [6.45, 7) is 0. The van der Waals surface area contributed by atoms with Crippen molar-refractivity contribution in [2.75, 3.05) is 0 Å². The summed E-state index contributed by atoms with van der Waals surface area (Å²) in [6.07, 6.45) is 0. The highest BCUT2D eigenvalue weighted by Gasteiger charge is 2.48. The molecule has 0 unspecified atom stereocenters. The Bertz CT molecular complexity index is 581. The number of primary amides is 1. The summed E-state index contributed by atoms with van der Waals surface area (Å²) in [5.74, 6) is -3.37. The minimum absolute atomic E-state index is 0.309. The molecule has 1 aromatic rings. The normalized spacial score (nSPS) is 12.2. The van der Waals surface area contributed by atoms with Crippen LogP contribution in [0.25, 0.3) is 0 Å². The zero-order valence-electron chi connectivity index (χ0n) is 8.36. The van der Waals surface area contributed by atoms with Crippen LogP contribution >= 0.6 is 0 Å². The number of amides is 1. The van der Waals surface area contributed by atoms with Crippen molar-refractivity contribution in [3.05, 3.63) is 29.6 Å². The van der Waals surface area contributed by atoms with Crippen LogP contribution in [-0.2, 0) is 10.1 Å². The maximum atomic E-state index is 13.1. The Morgan fingerprint density at radius 2 is 1.83 bits per heavy atom. The fraction of sp³-hybridized carbons (Fsp3) is 0.125. The van der Waals surface area contributed by atoms with E-state index in [4.69, 9.17) is 5.73 Å². The lowest BCUT2D eigenvalue weighted by molar-refractivity contribution is -0.0500. The monoisotopic (exact) mass is 287 g/mol. The Balaban J connectivity index is 3.09. The second-order valence-corrected chi connectivity index (χ2v) is 4.53. The first-order chi connectivity index (χ1) is 8.04. The van der Waals surface area contributed by atoms with E-state index in [1.165, 1.54) is 0 Å². The molecule has 0 aliphatic carbocycles. The van der Waals surface area contributed by atoms with Gasteiger partial charge in [0.25, 0.3) is 5.91 Å². The first-order valence-electron chi connectivity index (χ1n) is 4.15. The van der Waals surface area contributed by atoms with E-state index in [-0.39, 0.29) is 0 Å². The van der Waals surface area contributed by atoms with Crippen molar-refractivity contribution in [2.45, 2.75) is 5.51 Å². The minimum Gasteiger partial charge on any atom is -0.376 e. The molecule has 1 rings (SSSR count). The Kier molecular flexibility index (Phi) is 3.51. The molecule has 0 aliphatic rings. The highest BCUT2D eigenvalue weighted by Crippen LogP contribution is 2.27. The summed E-state index contributed by atoms with van der Waals surface area (Å²) in [7, 11) is -5.88. The molecule has 0 atom stereocenters. The largest absolute Gasteiger partial charge is 0.534 e. The number of carbonyl (C=O) groups is 1. The van der Waals surface area contributed by atoms with Crippen molar-refractivity contribution >= 4 is 16.0 Å². The van der Waals surface area contributed by atoms with Crippen LogP contribution in [0.5, 0.6) is 5.75 Å². The second kappa shape index (κ2) is 4.44. The number of benzene rings is 1. The lowest BCUT2D eigenvalue weighted by atomic mass is 10.2. The molecule has 2 N–H and O–H groups in total. The van der Waals surface area contributed by atoms with Gasteiger partial charge in [-0.1, -0.05) is 0 Å². The Labute approximate surface area is 98.3 Å². The molecular weight excluding hydrogens is 282 g/mol. The maximum Gasteiger partial charge on any atom is 0.534 e. The topological polar surface area (TPSA) is 86.5 Å². The van der Waals surface area contributed by atoms with E-state index in [0.29, 0.717) is 18.2 Å². The number of halogens is 4. The molecule has 0 radical (unpaired) electrons. The van der Waals surface area contributed by atoms with Crippen LogP contribution in [0.15, 0.2) is 18.2 Å². The summed E-state index contributed by atoms with van der Waals surface area (Å²) >= 11 is 0. The van der Waals surface area contributed by atoms with Gasteiger partial charge in [0.05, 0.1) is 5.56 Å². The lowest BCUT2D eigenvalue weighted by Crippen LogP contribution is -2.28. The van der Waals surface area contributed by atoms with Gasteiger partial charge in [0.15, 0.2) is 0 Å². The molecule has 1 aromatic carbocycles. The lowest BCUT2D eigenvalue weighted by Gasteiger charge is -2.09. The predicted molar refractivity (Wildman–Crippen MR) is 50.5 cm³/mol. The van der Waals surface area contributed by atoms with Gasteiger partial charge in [0.2, 0.25) is 0 Å². The number of rotatable bonds is 3. The van der Waals surface area contributed by atoms with Crippen LogP contribution in [-0.4, -0.2) is 19.8 Å². The zero-order valence-corrected chi connectivity index (χ0v) is 9.18. The number of hydrogen-bond donors (Lipinski definition) is 1. The third kappa shape index (κ3) is 2.88. The van der Waals surface area contributed by atoms with Crippen molar-refractivity contribution in [1.82, 2.24) is 0 Å². The molecule has 18 heavy (non-hydrogen) atoms. The third-order valence-corrected chi connectivity index (χ3v) is 2.67. The molecule has 1 amide bonds. The highest BCUT2D eigenvalue weighted by molar-refractivity contribution is 7.87. The number of nitrogens with two attached hydrogens (primary N) is 1. The van der Waals surface area contributed by atoms with Crippen molar-refractivity contribution in [3.63, 3.8) is 0 Å². The smallest absolute Gasteiger partial charge is 0.376 e. The summed E-state index contributed by atoms with van der Waals surface area (Å²) in [5, 5.41) is 0. The summed E-state index contributed by atoms with van der Waals surface area (Å²) in [4.78, 5) is 10.6. The third-order valence-electron chi connectivity index (χ3n) is 1.70. The van der Waals surface area contributed by atoms with Gasteiger partial charge >= 0.3 is 15.6 Å². The van der Waals surface area contributed by atoms with Gasteiger partial charge in [0, 0.05) is 6.07 Å². The molecule has 5 nitrogen and oxygen atoms in total. The van der Waals surface area contributed by atoms with E-state index in [1.807, 2.05) is 0 Å². The fourth-order valence-electron chi connectivity index (χ4n) is 0.921. The van der Waals surface area contributed by atoms with Gasteiger partial charge in [-0.15, -0.1) is 0 Å². The maximum absolute atomic E-state index is 13.1. The van der Waals surface area contributed by atoms with Gasteiger partial charge in [-0.3, -0.25) is 4.79 Å². The van der Waals surface area contributed by atoms with Crippen LogP contribution in [0.4, 0.5) is 17.6 Å². The van der Waals surface area contributed by atoms with Crippen molar-refractivity contribution in [2.24, 2.45) is 5.73 Å². The first kappa shape index (κ1) is 14.2. The summed E-state index contributed by atoms with van der Waals surface area (Å²) < 4.78 is 73.8. The average molecular weight is 287 g/mol. The Morgan fingerprint density at radius 1 is 1.28 bits per heavy atom. The molecular formula is C8H5F4NO4S. The molecule has 0 aromatic heterocycles. The van der Waals surface area contributed by atoms with E-state index in [2.05, 4.69) is 4.18 Å². The molecule has 10 heteroatoms. The van der Waals surface area contributed by atoms with Gasteiger partial charge < -0.3 is 9.92 Å². The van der Waals surface area contributed by atoms with Gasteiger partial charge in [-0.2, -0.15) is 21.6 Å². The number of hydrogen-bond acceptors (Lipinski definition) is 4. The van der Waals surface area contributed by atoms with Crippen LogP contribution in [0.1, 0.15) is 10.4 Å². The van der Waals surface area contributed by atoms with E-state index in [9.17, 15) is 30.8 Å². The summed E-state index contributed by atoms with van der Waals surface area (Å²) in [5.41, 5.74) is -1.49. The van der Waals surface area contributed by atoms with Crippen LogP contribution in [0.2, 0.25) is 0 Å². The van der Waals surface area contributed by atoms with Crippen molar-refractivity contribution < 1.29 is 35.0 Å². The molecule has 100 valence electrons. The van der Waals surface area contributed by atoms with Crippen LogP contribution < -0.4 is 9.92 Å². The van der Waals surface area contributed by atoms with Gasteiger partial charge in [0.1, 0.15) is 11.6 Å². The van der Waals surface area contributed by atoms with Crippen molar-refractivity contribution in [3.8, 4) is 5.75 Å². The molecule has 0 saturated heterocycles. The minimum atomic E-state index is -5.88. The predicted octanol–water partition coefficient (Wildman–Crippen LogP) is 1.15. The van der Waals surface area contributed by atoms with E-state index >= 15 is 0 Å². The number of alkyl halides is 3. The molecule has 0 spiro atoms. The Morgan fingerprint density at radius 3 is 2.22 bits per heavy atom. The molecule has 0 aliphatic heterocycles. The molecule has 0 heterocycles. The average Bonchev–Trinajstić information content (AvgIpc) is 2.14. The first-order valence-corrected chi connectivity index (χ1v) is 5.55. The van der Waals surface area contributed by atoms with Gasteiger partial charge in [-0.05, 0) is 12.1 Å². The number of carbonyl (C=O) groups excluding carboxylic acids is 1. The van der Waals surface area contributed by atoms with E-state index in [0.717, 1.165) is 0 Å². The quantitative estimate of drug-likeness (QED) is 0.513. The van der Waals surface area contributed by atoms with Gasteiger partial charge in [-0.25, -0.2) is 4.39 Å². The zero-order chi connectivity index (χ0) is 14.1. The van der Waals surface area contributed by atoms with E-state index < -0.39 is 38.7 Å². The standard InChI is InChI=1S/C8H5F4NO4S/c9-6-3-4(1-2-5(6)7(13)14)17-18(15,16)8(10,11)12/h1-3H,(H2,13,14). The SMILES string of the molecule is NC(=O)c1ccc(OS(=O)(=O)C(F)(F)F)cc1F. The second-order valence-electron chi connectivity index (χ2n) is 2.99. The van der Waals surface area contributed by atoms with Crippen LogP contribution in [0.3, 0.4) is 0 Å². The molecule has 0 fully saturated rings. The fourth-order valence-corrected chi connectivity index (χ4v) is 1.37. The molecule has 0 bridgehead atoms. The highest BCUT2D eigenvalue weighted by atomic mass is 32.2. The van der Waals surface area contributed by atoms with Crippen LogP contribution in [0, 0.1) is 5.82 Å². The van der Waals surface area contributed by atoms with Crippen molar-refractivity contribution in [1.29, 1.82) is 0 Å². The summed E-state index contributed by atoms with van der Waals surface area (Å²) in [6, 6.07) is 1.69.